The first kappa shape index (κ1) is 14.1. The Bertz CT molecular complexity index is 378. The van der Waals surface area contributed by atoms with E-state index in [0.717, 1.165) is 19.3 Å². The summed E-state index contributed by atoms with van der Waals surface area (Å²) in [6, 6.07) is 0. The average Bonchev–Trinajstić information content (AvgIpc) is 2.79. The standard InChI is InChI=1S/C15H23NO3/c1-10-7-12(13(8-10)15(18)19)14(17)16-9-11-5-3-2-4-6-11/h2-3,10-13H,4-9H2,1H3,(H,16,17)(H,18,19). The molecular weight excluding hydrogens is 242 g/mol. The lowest BCUT2D eigenvalue weighted by molar-refractivity contribution is -0.146. The molecule has 4 atom stereocenters. The van der Waals surface area contributed by atoms with E-state index in [4.69, 9.17) is 0 Å². The maximum absolute atomic E-state index is 12.2. The summed E-state index contributed by atoms with van der Waals surface area (Å²) in [6.45, 7) is 2.70. The van der Waals surface area contributed by atoms with Gasteiger partial charge in [0.2, 0.25) is 5.91 Å². The number of rotatable bonds is 4. The zero-order chi connectivity index (χ0) is 13.8. The van der Waals surface area contributed by atoms with Gasteiger partial charge < -0.3 is 10.4 Å². The van der Waals surface area contributed by atoms with Crippen molar-refractivity contribution < 1.29 is 14.7 Å². The second-order valence-electron chi connectivity index (χ2n) is 6.02. The maximum atomic E-state index is 12.2. The molecule has 106 valence electrons. The van der Waals surface area contributed by atoms with E-state index in [2.05, 4.69) is 17.5 Å². The lowest BCUT2D eigenvalue weighted by Crippen LogP contribution is -2.37. The van der Waals surface area contributed by atoms with Crippen LogP contribution < -0.4 is 5.32 Å². The molecule has 0 bridgehead atoms. The van der Waals surface area contributed by atoms with Gasteiger partial charge in [0, 0.05) is 6.54 Å². The molecule has 4 nitrogen and oxygen atoms in total. The Morgan fingerprint density at radius 3 is 2.63 bits per heavy atom. The molecule has 2 rings (SSSR count). The van der Waals surface area contributed by atoms with Crippen LogP contribution in [-0.4, -0.2) is 23.5 Å². The molecule has 0 aromatic rings. The fraction of sp³-hybridized carbons (Fsp3) is 0.733. The van der Waals surface area contributed by atoms with Crippen molar-refractivity contribution in [3.8, 4) is 0 Å². The van der Waals surface area contributed by atoms with E-state index >= 15 is 0 Å². The molecule has 19 heavy (non-hydrogen) atoms. The van der Waals surface area contributed by atoms with Crippen LogP contribution in [0.15, 0.2) is 12.2 Å². The van der Waals surface area contributed by atoms with Crippen molar-refractivity contribution in [2.45, 2.75) is 39.0 Å². The highest BCUT2D eigenvalue weighted by Crippen LogP contribution is 2.36. The highest BCUT2D eigenvalue weighted by Gasteiger charge is 2.41. The van der Waals surface area contributed by atoms with Gasteiger partial charge in [-0.15, -0.1) is 0 Å². The van der Waals surface area contributed by atoms with Gasteiger partial charge in [0.25, 0.3) is 0 Å². The van der Waals surface area contributed by atoms with Crippen molar-refractivity contribution in [1.82, 2.24) is 5.32 Å². The molecule has 4 unspecified atom stereocenters. The predicted molar refractivity (Wildman–Crippen MR) is 72.5 cm³/mol. The summed E-state index contributed by atoms with van der Waals surface area (Å²) in [5, 5.41) is 12.1. The lowest BCUT2D eigenvalue weighted by Gasteiger charge is -2.21. The van der Waals surface area contributed by atoms with E-state index < -0.39 is 11.9 Å². The molecule has 2 N–H and O–H groups in total. The van der Waals surface area contributed by atoms with Gasteiger partial charge in [0.1, 0.15) is 0 Å². The molecule has 0 aliphatic heterocycles. The third-order valence-electron chi connectivity index (χ3n) is 4.39. The fourth-order valence-electron chi connectivity index (χ4n) is 3.27. The minimum atomic E-state index is -0.829. The van der Waals surface area contributed by atoms with Gasteiger partial charge in [-0.1, -0.05) is 19.1 Å². The van der Waals surface area contributed by atoms with Gasteiger partial charge in [0.05, 0.1) is 11.8 Å². The Morgan fingerprint density at radius 2 is 2.00 bits per heavy atom. The molecule has 0 radical (unpaired) electrons. The van der Waals surface area contributed by atoms with Crippen molar-refractivity contribution >= 4 is 11.9 Å². The van der Waals surface area contributed by atoms with Crippen LogP contribution in [0.4, 0.5) is 0 Å². The summed E-state index contributed by atoms with van der Waals surface area (Å²) in [4.78, 5) is 23.3. The van der Waals surface area contributed by atoms with E-state index in [1.807, 2.05) is 6.92 Å². The number of allylic oxidation sites excluding steroid dienone is 2. The smallest absolute Gasteiger partial charge is 0.307 e. The van der Waals surface area contributed by atoms with Crippen LogP contribution in [0, 0.1) is 23.7 Å². The van der Waals surface area contributed by atoms with Crippen LogP contribution in [-0.2, 0) is 9.59 Å². The largest absolute Gasteiger partial charge is 0.481 e. The van der Waals surface area contributed by atoms with Gasteiger partial charge in [0.15, 0.2) is 0 Å². The average molecular weight is 265 g/mol. The van der Waals surface area contributed by atoms with E-state index in [1.54, 1.807) is 0 Å². The van der Waals surface area contributed by atoms with Crippen LogP contribution in [0.2, 0.25) is 0 Å². The topological polar surface area (TPSA) is 66.4 Å². The van der Waals surface area contributed by atoms with Gasteiger partial charge in [-0.05, 0) is 43.9 Å². The predicted octanol–water partition coefficient (Wildman–Crippen LogP) is 2.21. The number of amides is 1. The van der Waals surface area contributed by atoms with E-state index in [1.165, 1.54) is 0 Å². The zero-order valence-electron chi connectivity index (χ0n) is 11.5. The minimum Gasteiger partial charge on any atom is -0.481 e. The molecule has 0 aromatic heterocycles. The van der Waals surface area contributed by atoms with Crippen LogP contribution in [0.25, 0.3) is 0 Å². The van der Waals surface area contributed by atoms with E-state index in [-0.39, 0.29) is 11.8 Å². The van der Waals surface area contributed by atoms with Gasteiger partial charge >= 0.3 is 5.97 Å². The molecule has 2 aliphatic carbocycles. The Hall–Kier alpha value is -1.32. The molecule has 0 saturated heterocycles. The number of carboxylic acid groups (broad SMARTS) is 1. The summed E-state index contributed by atoms with van der Waals surface area (Å²) in [5.74, 6) is -0.894. The van der Waals surface area contributed by atoms with Crippen LogP contribution in [0.5, 0.6) is 0 Å². The number of carbonyl (C=O) groups excluding carboxylic acids is 1. The van der Waals surface area contributed by atoms with Gasteiger partial charge in [-0.3, -0.25) is 9.59 Å². The second-order valence-corrected chi connectivity index (χ2v) is 6.02. The molecule has 0 aromatic carbocycles. The number of aliphatic carboxylic acids is 1. The fourth-order valence-corrected chi connectivity index (χ4v) is 3.27. The Labute approximate surface area is 114 Å². The summed E-state index contributed by atoms with van der Waals surface area (Å²) in [6.07, 6.45) is 8.88. The first-order chi connectivity index (χ1) is 9.08. The molecule has 0 spiro atoms. The summed E-state index contributed by atoms with van der Waals surface area (Å²) < 4.78 is 0. The van der Waals surface area contributed by atoms with E-state index in [9.17, 15) is 14.7 Å². The number of carbonyl (C=O) groups is 2. The minimum absolute atomic E-state index is 0.0636. The molecule has 0 heterocycles. The number of hydrogen-bond acceptors (Lipinski definition) is 2. The Morgan fingerprint density at radius 1 is 1.26 bits per heavy atom. The summed E-state index contributed by atoms with van der Waals surface area (Å²) in [7, 11) is 0. The molecule has 1 fully saturated rings. The molecular formula is C15H23NO3. The van der Waals surface area contributed by atoms with Crippen molar-refractivity contribution in [2.24, 2.45) is 23.7 Å². The number of carboxylic acids is 1. The summed E-state index contributed by atoms with van der Waals surface area (Å²) >= 11 is 0. The van der Waals surface area contributed by atoms with Crippen molar-refractivity contribution in [2.75, 3.05) is 6.54 Å². The third kappa shape index (κ3) is 3.58. The van der Waals surface area contributed by atoms with Crippen molar-refractivity contribution in [3.05, 3.63) is 12.2 Å². The third-order valence-corrected chi connectivity index (χ3v) is 4.39. The first-order valence-electron chi connectivity index (χ1n) is 7.23. The Balaban J connectivity index is 1.84. The van der Waals surface area contributed by atoms with Crippen molar-refractivity contribution in [3.63, 3.8) is 0 Å². The number of nitrogens with one attached hydrogen (secondary N) is 1. The van der Waals surface area contributed by atoms with Gasteiger partial charge in [-0.2, -0.15) is 0 Å². The van der Waals surface area contributed by atoms with E-state index in [0.29, 0.717) is 31.2 Å². The van der Waals surface area contributed by atoms with Crippen LogP contribution in [0.3, 0.4) is 0 Å². The summed E-state index contributed by atoms with van der Waals surface area (Å²) in [5.41, 5.74) is 0. The SMILES string of the molecule is CC1CC(C(=O)O)C(C(=O)NCC2CC=CCC2)C1. The second kappa shape index (κ2) is 6.22. The maximum Gasteiger partial charge on any atom is 0.307 e. The highest BCUT2D eigenvalue weighted by atomic mass is 16.4. The normalized spacial score (nSPS) is 34.2. The molecule has 1 saturated carbocycles. The van der Waals surface area contributed by atoms with Crippen LogP contribution >= 0.6 is 0 Å². The Kier molecular flexibility index (Phi) is 4.61. The zero-order valence-corrected chi connectivity index (χ0v) is 11.5. The first-order valence-corrected chi connectivity index (χ1v) is 7.23. The monoisotopic (exact) mass is 265 g/mol. The van der Waals surface area contributed by atoms with Crippen molar-refractivity contribution in [1.29, 1.82) is 0 Å². The van der Waals surface area contributed by atoms with Crippen LogP contribution in [0.1, 0.15) is 39.0 Å². The number of hydrogen-bond donors (Lipinski definition) is 2. The van der Waals surface area contributed by atoms with Gasteiger partial charge in [-0.25, -0.2) is 0 Å². The lowest BCUT2D eigenvalue weighted by atomic mass is 9.92. The molecule has 4 heteroatoms. The highest BCUT2D eigenvalue weighted by molar-refractivity contribution is 5.85. The quantitative estimate of drug-likeness (QED) is 0.766. The molecule has 1 amide bonds. The molecule has 2 aliphatic rings.